The molecule has 0 unspecified atom stereocenters. The summed E-state index contributed by atoms with van der Waals surface area (Å²) in [5.41, 5.74) is 0. The van der Waals surface area contributed by atoms with E-state index in [9.17, 15) is 0 Å². The SMILES string of the molecule is [B][SiH2][SiH3].[Cr].[Fe].[Fe]. The molecular formula is H5BCrFe2Si2. The first-order valence-electron chi connectivity index (χ1n) is 1.12. The Hall–Kier alpha value is 2.07. The second-order valence-corrected chi connectivity index (χ2v) is 3.67. The largest absolute Gasteiger partial charge is 0.0440 e. The van der Waals surface area contributed by atoms with Crippen LogP contribution in [0.15, 0.2) is 0 Å². The summed E-state index contributed by atoms with van der Waals surface area (Å²) in [5, 5.41) is 0. The molecule has 6 heteroatoms. The average Bonchev–Trinajstić information content (AvgIpc) is 0.918. The maximum Gasteiger partial charge on any atom is 0.0440 e. The Balaban J connectivity index is -0.00000000667. The van der Waals surface area contributed by atoms with Crippen molar-refractivity contribution in [2.75, 3.05) is 0 Å². The van der Waals surface area contributed by atoms with Crippen molar-refractivity contribution >= 4 is 26.1 Å². The summed E-state index contributed by atoms with van der Waals surface area (Å²) in [6, 6.07) is 0. The van der Waals surface area contributed by atoms with Gasteiger partial charge in [0, 0.05) is 58.9 Å². The first kappa shape index (κ1) is 24.4. The van der Waals surface area contributed by atoms with Gasteiger partial charge in [-0.1, -0.05) is 0 Å². The Morgan fingerprint density at radius 3 is 1.33 bits per heavy atom. The molecule has 0 aliphatic carbocycles. The molecule has 38 valence electrons. The zero-order chi connectivity index (χ0) is 2.71. The fourth-order valence-corrected chi connectivity index (χ4v) is 0. The van der Waals surface area contributed by atoms with Crippen molar-refractivity contribution in [1.82, 2.24) is 0 Å². The fraction of sp³-hybridized carbons (Fsp3) is 0. The Bertz CT molecular complexity index is 11.5. The molecule has 0 saturated carbocycles. The molecule has 0 aromatic heterocycles. The monoisotopic (exact) mass is 236 g/mol. The van der Waals surface area contributed by atoms with Gasteiger partial charge < -0.3 is 0 Å². The molecule has 0 nitrogen and oxygen atoms in total. The summed E-state index contributed by atoms with van der Waals surface area (Å²) in [6.45, 7) is 0. The summed E-state index contributed by atoms with van der Waals surface area (Å²) in [4.78, 5) is 0. The Kier molecular flexibility index (Phi) is 112. The quantitative estimate of drug-likeness (QED) is 0.408. The van der Waals surface area contributed by atoms with Crippen LogP contribution in [0.5, 0.6) is 0 Å². The molecule has 0 aromatic rings. The normalized spacial score (nSPS) is 5.33. The van der Waals surface area contributed by atoms with E-state index in [0.717, 1.165) is 0 Å². The molecule has 0 atom stereocenters. The van der Waals surface area contributed by atoms with Crippen molar-refractivity contribution in [1.29, 1.82) is 0 Å². The van der Waals surface area contributed by atoms with Crippen LogP contribution in [0, 0.1) is 0 Å². The van der Waals surface area contributed by atoms with Crippen LogP contribution in [0.25, 0.3) is 0 Å². The van der Waals surface area contributed by atoms with Gasteiger partial charge in [-0.3, -0.25) is 0 Å². The van der Waals surface area contributed by atoms with Crippen molar-refractivity contribution in [3.63, 3.8) is 0 Å². The molecule has 0 saturated heterocycles. The van der Waals surface area contributed by atoms with E-state index in [1.807, 2.05) is 0 Å². The minimum atomic E-state index is 0. The maximum absolute atomic E-state index is 5.05. The summed E-state index contributed by atoms with van der Waals surface area (Å²) >= 11 is 0. The molecule has 0 aromatic carbocycles. The summed E-state index contributed by atoms with van der Waals surface area (Å²) in [5.74, 6) is 0. The molecule has 6 heavy (non-hydrogen) atoms. The third kappa shape index (κ3) is 36.4. The van der Waals surface area contributed by atoms with Crippen LogP contribution >= 0.6 is 0 Å². The minimum Gasteiger partial charge on any atom is -0.0367 e. The number of hydrogen-bond donors (Lipinski definition) is 0. The van der Waals surface area contributed by atoms with E-state index in [0.29, 0.717) is 0 Å². The average molecular weight is 236 g/mol. The van der Waals surface area contributed by atoms with Gasteiger partial charge in [0.1, 0.15) is 0 Å². The second-order valence-electron chi connectivity index (χ2n) is 0.408. The van der Waals surface area contributed by atoms with Crippen LogP contribution in [0.3, 0.4) is 0 Å². The first-order chi connectivity index (χ1) is 1.41. The Labute approximate surface area is 77.1 Å². The van der Waals surface area contributed by atoms with Crippen LogP contribution in [0.1, 0.15) is 0 Å². The molecule has 0 amide bonds. The minimum absolute atomic E-state index is 0. The van der Waals surface area contributed by atoms with Gasteiger partial charge in [0.25, 0.3) is 0 Å². The molecule has 0 aliphatic heterocycles. The fourth-order valence-electron chi connectivity index (χ4n) is 0. The van der Waals surface area contributed by atoms with Gasteiger partial charge in [-0.25, -0.2) is 0 Å². The van der Waals surface area contributed by atoms with Gasteiger partial charge in [-0.2, -0.15) is 0 Å². The maximum atomic E-state index is 5.05. The van der Waals surface area contributed by atoms with Crippen LogP contribution < -0.4 is 0 Å². The number of rotatable bonds is 0. The van der Waals surface area contributed by atoms with Crippen molar-refractivity contribution in [2.24, 2.45) is 0 Å². The van der Waals surface area contributed by atoms with Gasteiger partial charge in [0.2, 0.25) is 0 Å². The molecule has 0 heterocycles. The molecule has 2 radical (unpaired) electrons. The van der Waals surface area contributed by atoms with Crippen LogP contribution in [-0.2, 0) is 51.5 Å². The van der Waals surface area contributed by atoms with Crippen molar-refractivity contribution < 1.29 is 51.5 Å². The molecular weight excluding hydrogens is 231 g/mol. The molecule has 0 N–H and O–H groups in total. The van der Waals surface area contributed by atoms with E-state index in [1.54, 1.807) is 0 Å². The third-order valence-electron chi connectivity index (χ3n) is 0. The van der Waals surface area contributed by atoms with Crippen molar-refractivity contribution in [2.45, 2.75) is 0 Å². The predicted molar refractivity (Wildman–Crippen MR) is 24.2 cm³/mol. The zero-order valence-corrected chi connectivity index (χ0v) is 10.3. The molecule has 0 rings (SSSR count). The van der Waals surface area contributed by atoms with E-state index < -0.39 is 0 Å². The smallest absolute Gasteiger partial charge is 0.0367 e. The van der Waals surface area contributed by atoms with Crippen LogP contribution in [0.4, 0.5) is 0 Å². The molecule has 0 aliphatic rings. The van der Waals surface area contributed by atoms with Gasteiger partial charge in [0.15, 0.2) is 0 Å². The Morgan fingerprint density at radius 1 is 1.33 bits per heavy atom. The summed E-state index contributed by atoms with van der Waals surface area (Å²) in [6.07, 6.45) is 0. The van der Waals surface area contributed by atoms with Gasteiger partial charge in [-0.15, -0.1) is 0 Å². The summed E-state index contributed by atoms with van der Waals surface area (Å²) in [7, 11) is 6.39. The molecule has 0 spiro atoms. The van der Waals surface area contributed by atoms with E-state index in [-0.39, 0.29) is 60.4 Å². The first-order valence-corrected chi connectivity index (χ1v) is 7.59. The number of hydrogen-bond acceptors (Lipinski definition) is 0. The van der Waals surface area contributed by atoms with Gasteiger partial charge >= 0.3 is 0 Å². The standard InChI is InChI=1S/BH5Si2.Cr.2Fe/c1-3-2;;;/h3H2,2H3;;;. The van der Waals surface area contributed by atoms with Crippen LogP contribution in [-0.4, -0.2) is 26.1 Å². The van der Waals surface area contributed by atoms with Crippen LogP contribution in [0.2, 0.25) is 0 Å². The predicted octanol–water partition coefficient (Wildman–Crippen LogP) is -2.49. The third-order valence-corrected chi connectivity index (χ3v) is 0. The van der Waals surface area contributed by atoms with E-state index >= 15 is 0 Å². The second kappa shape index (κ2) is 27.6. The van der Waals surface area contributed by atoms with E-state index in [2.05, 4.69) is 0 Å². The van der Waals surface area contributed by atoms with E-state index in [1.165, 1.54) is 9.76 Å². The van der Waals surface area contributed by atoms with Crippen molar-refractivity contribution in [3.05, 3.63) is 0 Å². The van der Waals surface area contributed by atoms with Gasteiger partial charge in [-0.05, 0) is 18.7 Å². The zero-order valence-electron chi connectivity index (χ0n) is 3.40. The van der Waals surface area contributed by atoms with Gasteiger partial charge in [0.05, 0.1) is 0 Å². The summed E-state index contributed by atoms with van der Waals surface area (Å²) < 4.78 is 0. The van der Waals surface area contributed by atoms with Crippen molar-refractivity contribution in [3.8, 4) is 0 Å². The Morgan fingerprint density at radius 2 is 1.33 bits per heavy atom. The van der Waals surface area contributed by atoms with E-state index in [4.69, 9.17) is 7.44 Å². The topological polar surface area (TPSA) is 0 Å². The molecule has 0 fully saturated rings. The molecule has 0 bridgehead atoms.